The maximum atomic E-state index is 13.6. The van der Waals surface area contributed by atoms with E-state index in [1.165, 1.54) is 39.1 Å². The molecule has 0 saturated heterocycles. The zero-order valence-electron chi connectivity index (χ0n) is 20.4. The molecule has 0 bridgehead atoms. The van der Waals surface area contributed by atoms with Gasteiger partial charge in [0, 0.05) is 24.4 Å². The van der Waals surface area contributed by atoms with Crippen molar-refractivity contribution in [3.05, 3.63) is 85.5 Å². The molecule has 8 nitrogen and oxygen atoms in total. The summed E-state index contributed by atoms with van der Waals surface area (Å²) in [5.41, 5.74) is 0.914. The Bertz CT molecular complexity index is 1580. The Morgan fingerprint density at radius 1 is 1.10 bits per heavy atom. The van der Waals surface area contributed by atoms with Gasteiger partial charge in [0.25, 0.3) is 5.56 Å². The number of aryl methyl sites for hydroxylation is 1. The Labute approximate surface area is 244 Å². The first-order chi connectivity index (χ1) is 18.6. The summed E-state index contributed by atoms with van der Waals surface area (Å²) in [6.45, 7) is 1.14. The standard InChI is InChI=1S/C24H22ClF3IN4O4PS/c1-31-20-19(21(34)32(23(31)35)10-3-11-36-38-29)33(13-15-6-8-17(25)9-7-15)22(30-20)39-14-16-4-2-5-18(12-16)37-24(26,27)28/h2,4-9,12,38H,3,10-11,13-14H2,1H3. The molecule has 2 heterocycles. The Morgan fingerprint density at radius 2 is 1.85 bits per heavy atom. The molecule has 1 atom stereocenters. The fourth-order valence-corrected chi connectivity index (χ4v) is 5.84. The number of halogens is 5. The molecule has 0 aliphatic rings. The molecule has 0 spiro atoms. The molecule has 0 saturated carbocycles. The van der Waals surface area contributed by atoms with Crippen molar-refractivity contribution >= 4 is 63.0 Å². The van der Waals surface area contributed by atoms with E-state index in [9.17, 15) is 22.8 Å². The number of aromatic nitrogens is 4. The van der Waals surface area contributed by atoms with Gasteiger partial charge in [0.1, 0.15) is 5.75 Å². The number of benzene rings is 2. The topological polar surface area (TPSA) is 80.3 Å². The van der Waals surface area contributed by atoms with Crippen LogP contribution in [0.15, 0.2) is 63.3 Å². The molecule has 4 rings (SSSR count). The van der Waals surface area contributed by atoms with Gasteiger partial charge in [-0.3, -0.25) is 13.9 Å². The molecule has 0 fully saturated rings. The summed E-state index contributed by atoms with van der Waals surface area (Å²) in [6, 6.07) is 12.8. The second-order valence-corrected chi connectivity index (χ2v) is 11.5. The van der Waals surface area contributed by atoms with Gasteiger partial charge in [-0.25, -0.2) is 9.78 Å². The SMILES string of the molecule is Cn1c(=O)n(CCCOPI)c(=O)c2c1nc(SCc1cccc(OC(F)(F)F)c1)n2Cc1ccc(Cl)cc1. The molecule has 0 radical (unpaired) electrons. The van der Waals surface area contributed by atoms with Crippen molar-refractivity contribution in [1.82, 2.24) is 18.7 Å². The minimum absolute atomic E-state index is 0.184. The van der Waals surface area contributed by atoms with E-state index in [0.29, 0.717) is 28.8 Å². The third kappa shape index (κ3) is 7.57. The van der Waals surface area contributed by atoms with E-state index in [1.54, 1.807) is 29.8 Å². The van der Waals surface area contributed by atoms with Crippen molar-refractivity contribution in [2.45, 2.75) is 36.8 Å². The van der Waals surface area contributed by atoms with Gasteiger partial charge in [0.05, 0.1) is 19.6 Å². The highest BCUT2D eigenvalue weighted by molar-refractivity contribution is 14.2. The van der Waals surface area contributed by atoms with Crippen molar-refractivity contribution in [3.8, 4) is 5.75 Å². The van der Waals surface area contributed by atoms with Crippen LogP contribution in [0.2, 0.25) is 5.02 Å². The largest absolute Gasteiger partial charge is 0.573 e. The van der Waals surface area contributed by atoms with E-state index in [2.05, 4.69) is 31.8 Å². The molecule has 208 valence electrons. The molecule has 0 amide bonds. The van der Waals surface area contributed by atoms with Crippen LogP contribution in [0.4, 0.5) is 13.2 Å². The van der Waals surface area contributed by atoms with Gasteiger partial charge >= 0.3 is 12.1 Å². The van der Waals surface area contributed by atoms with Gasteiger partial charge in [-0.15, -0.1) is 13.2 Å². The third-order valence-corrected chi connectivity index (χ3v) is 8.18. The summed E-state index contributed by atoms with van der Waals surface area (Å²) in [5, 5.41) is 0.991. The molecule has 0 aliphatic heterocycles. The predicted molar refractivity (Wildman–Crippen MR) is 155 cm³/mol. The number of nitrogens with zero attached hydrogens (tertiary/aromatic N) is 4. The lowest BCUT2D eigenvalue weighted by molar-refractivity contribution is -0.274. The van der Waals surface area contributed by atoms with E-state index >= 15 is 0 Å². The number of alkyl halides is 3. The van der Waals surface area contributed by atoms with Gasteiger partial charge in [-0.1, -0.05) is 47.6 Å². The molecule has 4 aromatic rings. The van der Waals surface area contributed by atoms with E-state index in [0.717, 1.165) is 5.56 Å². The Hall–Kier alpha value is -2.06. The molecule has 2 aromatic heterocycles. The van der Waals surface area contributed by atoms with Crippen LogP contribution in [-0.4, -0.2) is 31.7 Å². The summed E-state index contributed by atoms with van der Waals surface area (Å²) < 4.78 is 51.6. The van der Waals surface area contributed by atoms with Crippen LogP contribution in [0.3, 0.4) is 0 Å². The lowest BCUT2D eigenvalue weighted by atomic mass is 10.2. The molecule has 0 N–H and O–H groups in total. The summed E-state index contributed by atoms with van der Waals surface area (Å²) in [5.74, 6) is -0.0807. The summed E-state index contributed by atoms with van der Waals surface area (Å²) >= 11 is 9.38. The molecule has 0 aliphatic carbocycles. The summed E-state index contributed by atoms with van der Waals surface area (Å²) in [4.78, 5) is 31.2. The van der Waals surface area contributed by atoms with Crippen LogP contribution in [0.25, 0.3) is 11.2 Å². The quantitative estimate of drug-likeness (QED) is 0.0805. The lowest BCUT2D eigenvalue weighted by Crippen LogP contribution is -2.40. The van der Waals surface area contributed by atoms with Crippen LogP contribution in [0, 0.1) is 0 Å². The van der Waals surface area contributed by atoms with Crippen LogP contribution >= 0.6 is 51.9 Å². The Kier molecular flexibility index (Phi) is 10.0. The summed E-state index contributed by atoms with van der Waals surface area (Å²) in [7, 11) is 1.55. The van der Waals surface area contributed by atoms with Gasteiger partial charge in [0.2, 0.25) is 0 Å². The van der Waals surface area contributed by atoms with Gasteiger partial charge in [0.15, 0.2) is 16.3 Å². The Morgan fingerprint density at radius 3 is 2.54 bits per heavy atom. The van der Waals surface area contributed by atoms with E-state index < -0.39 is 17.6 Å². The number of thioether (sulfide) groups is 1. The first-order valence-electron chi connectivity index (χ1n) is 11.5. The zero-order chi connectivity index (χ0) is 28.2. The average molecular weight is 713 g/mol. The highest BCUT2D eigenvalue weighted by Crippen LogP contribution is 2.29. The highest BCUT2D eigenvalue weighted by Gasteiger charge is 2.31. The van der Waals surface area contributed by atoms with Crippen molar-refractivity contribution in [1.29, 1.82) is 0 Å². The van der Waals surface area contributed by atoms with Crippen molar-refractivity contribution in [3.63, 3.8) is 0 Å². The smallest absolute Gasteiger partial charge is 0.406 e. The maximum absolute atomic E-state index is 13.6. The fraction of sp³-hybridized carbons (Fsp3) is 0.292. The normalized spacial score (nSPS) is 12.2. The molecule has 2 aromatic carbocycles. The van der Waals surface area contributed by atoms with Crippen LogP contribution in [0.1, 0.15) is 17.5 Å². The molecule has 15 heteroatoms. The van der Waals surface area contributed by atoms with Gasteiger partial charge in [-0.2, -0.15) is 0 Å². The van der Waals surface area contributed by atoms with Crippen LogP contribution in [-0.2, 0) is 30.4 Å². The second kappa shape index (κ2) is 13.1. The fourth-order valence-electron chi connectivity index (χ4n) is 3.89. The number of hydrogen-bond donors (Lipinski definition) is 0. The van der Waals surface area contributed by atoms with Crippen LogP contribution < -0.4 is 16.0 Å². The lowest BCUT2D eigenvalue weighted by Gasteiger charge is -2.12. The first kappa shape index (κ1) is 29.9. The van der Waals surface area contributed by atoms with Gasteiger partial charge in [-0.05, 0) is 63.9 Å². The molecular weight excluding hydrogens is 691 g/mol. The number of rotatable bonds is 11. The van der Waals surface area contributed by atoms with E-state index in [4.69, 9.17) is 16.1 Å². The highest BCUT2D eigenvalue weighted by atomic mass is 127. The van der Waals surface area contributed by atoms with Gasteiger partial charge < -0.3 is 13.8 Å². The number of ether oxygens (including phenoxy) is 1. The first-order valence-corrected chi connectivity index (χ1v) is 16.9. The molecular formula is C24H22ClF3IN4O4PS. The average Bonchev–Trinajstić information content (AvgIpc) is 3.24. The van der Waals surface area contributed by atoms with E-state index in [-0.39, 0.29) is 42.2 Å². The van der Waals surface area contributed by atoms with E-state index in [1.807, 2.05) is 12.1 Å². The summed E-state index contributed by atoms with van der Waals surface area (Å²) in [6.07, 6.45) is -4.31. The number of fused-ring (bicyclic) bond motifs is 1. The monoisotopic (exact) mass is 712 g/mol. The Balaban J connectivity index is 1.74. The van der Waals surface area contributed by atoms with Crippen LogP contribution in [0.5, 0.6) is 5.75 Å². The zero-order valence-corrected chi connectivity index (χ0v) is 25.1. The number of imidazole rings is 1. The molecule has 39 heavy (non-hydrogen) atoms. The van der Waals surface area contributed by atoms with Crippen molar-refractivity contribution < 1.29 is 22.4 Å². The van der Waals surface area contributed by atoms with Crippen molar-refractivity contribution in [2.75, 3.05) is 6.61 Å². The third-order valence-electron chi connectivity index (χ3n) is 5.63. The minimum Gasteiger partial charge on any atom is -0.406 e. The molecule has 1 unspecified atom stereocenters. The number of hydrogen-bond acceptors (Lipinski definition) is 6. The second-order valence-electron chi connectivity index (χ2n) is 8.34. The maximum Gasteiger partial charge on any atom is 0.573 e. The predicted octanol–water partition coefficient (Wildman–Crippen LogP) is 6.14. The minimum atomic E-state index is -4.80. The van der Waals surface area contributed by atoms with Crippen molar-refractivity contribution in [2.24, 2.45) is 7.05 Å².